The third kappa shape index (κ3) is 37.3. The number of carboxylic acid groups (broad SMARTS) is 1. The van der Waals surface area contributed by atoms with Crippen LogP contribution in [0.1, 0.15) is 213 Å². The summed E-state index contributed by atoms with van der Waals surface area (Å²) >= 11 is 0. The van der Waals surface area contributed by atoms with Crippen molar-refractivity contribution in [3.05, 3.63) is 85.1 Å². The summed E-state index contributed by atoms with van der Waals surface area (Å²) in [5, 5.41) is 31.4. The van der Waals surface area contributed by atoms with Crippen LogP contribution in [-0.4, -0.2) is 89.2 Å². The Labute approximate surface area is 429 Å². The lowest BCUT2D eigenvalue weighted by molar-refractivity contribution is -0.301. The second kappa shape index (κ2) is 46.9. The van der Waals surface area contributed by atoms with E-state index in [9.17, 15) is 34.5 Å². The number of rotatable bonds is 45. The van der Waals surface area contributed by atoms with E-state index in [0.717, 1.165) is 116 Å². The predicted octanol–water partition coefficient (Wildman–Crippen LogP) is 13.6. The Morgan fingerprint density at radius 2 is 0.944 bits per heavy atom. The first-order valence-electron chi connectivity index (χ1n) is 27.6. The van der Waals surface area contributed by atoms with Gasteiger partial charge in [0.05, 0.1) is 6.61 Å². The van der Waals surface area contributed by atoms with Crippen molar-refractivity contribution < 1.29 is 58.2 Å². The average molecular weight is 997 g/mol. The lowest BCUT2D eigenvalue weighted by Crippen LogP contribution is -2.61. The number of unbranched alkanes of at least 4 members (excludes halogenated alkanes) is 17. The molecule has 0 aliphatic carbocycles. The summed E-state index contributed by atoms with van der Waals surface area (Å²) < 4.78 is 28.2. The zero-order valence-corrected chi connectivity index (χ0v) is 44.2. The Kier molecular flexibility index (Phi) is 42.9. The van der Waals surface area contributed by atoms with Gasteiger partial charge in [-0.2, -0.15) is 0 Å². The Morgan fingerprint density at radius 3 is 1.48 bits per heavy atom. The number of hydrogen-bond donors (Lipinski definition) is 3. The molecule has 0 spiro atoms. The molecule has 12 heteroatoms. The maximum absolute atomic E-state index is 13.1. The molecule has 71 heavy (non-hydrogen) atoms. The summed E-state index contributed by atoms with van der Waals surface area (Å²) in [4.78, 5) is 50.9. The zero-order valence-electron chi connectivity index (χ0n) is 44.2. The topological polar surface area (TPSA) is 175 Å². The predicted molar refractivity (Wildman–Crippen MR) is 284 cm³/mol. The Bertz CT molecular complexity index is 1560. The fraction of sp³-hybridized carbons (Fsp3) is 0.695. The highest BCUT2D eigenvalue weighted by Crippen LogP contribution is 2.26. The second-order valence-electron chi connectivity index (χ2n) is 18.5. The molecule has 0 amide bonds. The number of carbonyl (C=O) groups excluding carboxylic acids is 3. The number of aliphatic carboxylic acids is 1. The van der Waals surface area contributed by atoms with Gasteiger partial charge < -0.3 is 39.0 Å². The van der Waals surface area contributed by atoms with Crippen molar-refractivity contribution in [1.29, 1.82) is 0 Å². The van der Waals surface area contributed by atoms with E-state index in [-0.39, 0.29) is 25.9 Å². The smallest absolute Gasteiger partial charge is 0.335 e. The van der Waals surface area contributed by atoms with Crippen molar-refractivity contribution in [2.45, 2.75) is 250 Å². The molecule has 0 aromatic heterocycles. The van der Waals surface area contributed by atoms with Crippen LogP contribution in [0.2, 0.25) is 0 Å². The molecule has 404 valence electrons. The van der Waals surface area contributed by atoms with Crippen LogP contribution in [-0.2, 0) is 42.9 Å². The highest BCUT2D eigenvalue weighted by atomic mass is 16.7. The normalized spacial score (nSPS) is 19.1. The number of hydrogen-bond acceptors (Lipinski definition) is 11. The molecule has 6 unspecified atom stereocenters. The number of ether oxygens (including phenoxy) is 5. The molecule has 1 heterocycles. The van der Waals surface area contributed by atoms with Crippen molar-refractivity contribution in [2.75, 3.05) is 13.2 Å². The molecule has 12 nitrogen and oxygen atoms in total. The molecule has 0 saturated carbocycles. The van der Waals surface area contributed by atoms with Crippen LogP contribution in [0.25, 0.3) is 0 Å². The van der Waals surface area contributed by atoms with E-state index < -0.39 is 67.3 Å². The standard InChI is InChI=1S/C59H96O12/c1-4-7-10-13-16-19-22-25-26-29-32-35-38-41-44-47-53(62)70-57-55(64)54(63)56(58(65)66)71-59(57)68-49-50(69-52(61)46-43-40-37-34-31-28-24-21-18-15-12-9-6-3)48-67-51(60)45-42-39-36-33-30-27-23-20-17-14-11-8-5-2/h8,11-12,15,17,20-21,24-27,30,36,39,50,54-57,59,63-64H,4-7,9-10,13-14,16,18-19,22-23,28-29,31-35,37-38,40-49H2,1-3H3,(H,65,66)/b11-8-,15-12-,20-17-,24-21-,26-25-,30-27-,39-36-. The van der Waals surface area contributed by atoms with E-state index in [2.05, 4.69) is 93.7 Å². The highest BCUT2D eigenvalue weighted by Gasteiger charge is 2.50. The molecule has 3 N–H and O–H groups in total. The Hall–Kier alpha value is -4.10. The van der Waals surface area contributed by atoms with Gasteiger partial charge in [-0.1, -0.05) is 183 Å². The van der Waals surface area contributed by atoms with Crippen LogP contribution in [0.4, 0.5) is 0 Å². The van der Waals surface area contributed by atoms with Crippen LogP contribution >= 0.6 is 0 Å². The first-order chi connectivity index (χ1) is 34.6. The monoisotopic (exact) mass is 997 g/mol. The van der Waals surface area contributed by atoms with Gasteiger partial charge in [-0.25, -0.2) is 4.79 Å². The van der Waals surface area contributed by atoms with Crippen molar-refractivity contribution in [2.24, 2.45) is 0 Å². The SMILES string of the molecule is CC/C=C\C/C=C\C/C=C\C/C=C\CCC(=O)OCC(COC1OC(C(=O)O)C(O)C(O)C1OC(=O)CCCCCCC/C=C\CCCCCCCC)OC(=O)CCCCCCC/C=C\C/C=C\CCC. The van der Waals surface area contributed by atoms with Crippen LogP contribution in [0.3, 0.4) is 0 Å². The van der Waals surface area contributed by atoms with E-state index in [1.54, 1.807) is 0 Å². The van der Waals surface area contributed by atoms with Gasteiger partial charge in [-0.05, 0) is 96.3 Å². The van der Waals surface area contributed by atoms with Gasteiger partial charge in [0.1, 0.15) is 18.8 Å². The molecule has 1 aliphatic rings. The van der Waals surface area contributed by atoms with Crippen molar-refractivity contribution >= 4 is 23.9 Å². The molecule has 6 atom stereocenters. The van der Waals surface area contributed by atoms with E-state index in [1.165, 1.54) is 38.5 Å². The van der Waals surface area contributed by atoms with Gasteiger partial charge in [0.2, 0.25) is 0 Å². The summed E-state index contributed by atoms with van der Waals surface area (Å²) in [6, 6.07) is 0. The minimum absolute atomic E-state index is 0.0394. The molecule has 0 aromatic carbocycles. The number of allylic oxidation sites excluding steroid dienone is 14. The van der Waals surface area contributed by atoms with Gasteiger partial charge in [-0.15, -0.1) is 0 Å². The first-order valence-corrected chi connectivity index (χ1v) is 27.6. The van der Waals surface area contributed by atoms with E-state index in [1.807, 2.05) is 12.2 Å². The lowest BCUT2D eigenvalue weighted by atomic mass is 9.98. The number of aliphatic hydroxyl groups excluding tert-OH is 2. The number of carbonyl (C=O) groups is 4. The van der Waals surface area contributed by atoms with Crippen molar-refractivity contribution in [3.8, 4) is 0 Å². The molecule has 1 saturated heterocycles. The van der Waals surface area contributed by atoms with Crippen molar-refractivity contribution in [1.82, 2.24) is 0 Å². The Morgan fingerprint density at radius 1 is 0.479 bits per heavy atom. The summed E-state index contributed by atoms with van der Waals surface area (Å²) in [7, 11) is 0. The molecule has 0 bridgehead atoms. The minimum atomic E-state index is -1.92. The van der Waals surface area contributed by atoms with E-state index >= 15 is 0 Å². The maximum Gasteiger partial charge on any atom is 0.335 e. The molecule has 1 aliphatic heterocycles. The second-order valence-corrected chi connectivity index (χ2v) is 18.5. The van der Waals surface area contributed by atoms with Crippen LogP contribution in [0.15, 0.2) is 85.1 Å². The molecular formula is C59H96O12. The minimum Gasteiger partial charge on any atom is -0.479 e. The molecule has 1 fully saturated rings. The molecule has 1 rings (SSSR count). The number of esters is 3. The van der Waals surface area contributed by atoms with Crippen LogP contribution in [0.5, 0.6) is 0 Å². The van der Waals surface area contributed by atoms with Gasteiger partial charge in [-0.3, -0.25) is 14.4 Å². The van der Waals surface area contributed by atoms with Crippen LogP contribution in [0, 0.1) is 0 Å². The molecule has 0 radical (unpaired) electrons. The van der Waals surface area contributed by atoms with Gasteiger partial charge in [0.25, 0.3) is 0 Å². The van der Waals surface area contributed by atoms with E-state index in [0.29, 0.717) is 19.3 Å². The fourth-order valence-corrected chi connectivity index (χ4v) is 7.71. The average Bonchev–Trinajstić information content (AvgIpc) is 3.35. The maximum atomic E-state index is 13.1. The summed E-state index contributed by atoms with van der Waals surface area (Å²) in [5.41, 5.74) is 0. The van der Waals surface area contributed by atoms with Gasteiger partial charge >= 0.3 is 23.9 Å². The van der Waals surface area contributed by atoms with Gasteiger partial charge in [0.15, 0.2) is 24.6 Å². The number of carboxylic acids is 1. The third-order valence-corrected chi connectivity index (χ3v) is 11.9. The number of aliphatic hydroxyl groups is 2. The van der Waals surface area contributed by atoms with Gasteiger partial charge in [0, 0.05) is 19.3 Å². The van der Waals surface area contributed by atoms with E-state index in [4.69, 9.17) is 23.7 Å². The molecule has 0 aromatic rings. The lowest BCUT2D eigenvalue weighted by Gasteiger charge is -2.40. The quantitative estimate of drug-likeness (QED) is 0.0228. The summed E-state index contributed by atoms with van der Waals surface area (Å²) in [5.74, 6) is -3.26. The largest absolute Gasteiger partial charge is 0.479 e. The highest BCUT2D eigenvalue weighted by molar-refractivity contribution is 5.74. The molecular weight excluding hydrogens is 901 g/mol. The fourth-order valence-electron chi connectivity index (χ4n) is 7.71. The third-order valence-electron chi connectivity index (χ3n) is 11.9. The van der Waals surface area contributed by atoms with Crippen LogP contribution < -0.4 is 0 Å². The Balaban J connectivity index is 2.77. The zero-order chi connectivity index (χ0) is 51.8. The van der Waals surface area contributed by atoms with Crippen molar-refractivity contribution in [3.63, 3.8) is 0 Å². The summed E-state index contributed by atoms with van der Waals surface area (Å²) in [6.45, 7) is 5.70. The summed E-state index contributed by atoms with van der Waals surface area (Å²) in [6.07, 6.45) is 47.2. The first kappa shape index (κ1) is 64.9.